The smallest absolute Gasteiger partial charge is 0.0340 e. The van der Waals surface area contributed by atoms with E-state index in [-0.39, 0.29) is 0 Å². The fraction of sp³-hybridized carbons (Fsp3) is 0.222. The van der Waals surface area contributed by atoms with Gasteiger partial charge in [0.25, 0.3) is 0 Å². The largest absolute Gasteiger partial charge is 0.264 e. The van der Waals surface area contributed by atoms with Gasteiger partial charge in [0.05, 0.1) is 0 Å². The van der Waals surface area contributed by atoms with Crippen LogP contribution in [0.15, 0.2) is 30.6 Å². The topological polar surface area (TPSA) is 12.9 Å². The lowest BCUT2D eigenvalue weighted by Crippen LogP contribution is -1.73. The molecular formula is C9H10NS. The molecule has 2 heteroatoms. The van der Waals surface area contributed by atoms with Gasteiger partial charge >= 0.3 is 0 Å². The molecule has 0 aliphatic heterocycles. The summed E-state index contributed by atoms with van der Waals surface area (Å²) in [6.07, 6.45) is 8.68. The summed E-state index contributed by atoms with van der Waals surface area (Å²) >= 11 is 4.80. The first kappa shape index (κ1) is 8.34. The van der Waals surface area contributed by atoms with Crippen molar-refractivity contribution >= 4 is 18.7 Å². The van der Waals surface area contributed by atoms with Crippen molar-refractivity contribution in [2.75, 3.05) is 5.75 Å². The zero-order valence-corrected chi connectivity index (χ0v) is 7.05. The van der Waals surface area contributed by atoms with Crippen molar-refractivity contribution in [2.24, 2.45) is 0 Å². The van der Waals surface area contributed by atoms with Gasteiger partial charge in [-0.15, -0.1) is 0 Å². The van der Waals surface area contributed by atoms with E-state index in [0.717, 1.165) is 17.7 Å². The number of rotatable bonds is 3. The molecule has 0 amide bonds. The molecule has 1 heterocycles. The minimum atomic E-state index is 0.788. The molecular weight excluding hydrogens is 154 g/mol. The van der Waals surface area contributed by atoms with Crippen LogP contribution in [0.1, 0.15) is 12.0 Å². The molecule has 1 aromatic heterocycles. The molecule has 1 rings (SSSR count). The van der Waals surface area contributed by atoms with Crippen molar-refractivity contribution < 1.29 is 0 Å². The summed E-state index contributed by atoms with van der Waals surface area (Å²) in [6.45, 7) is 0. The summed E-state index contributed by atoms with van der Waals surface area (Å²) in [4.78, 5) is 3.99. The minimum Gasteiger partial charge on any atom is -0.264 e. The van der Waals surface area contributed by atoms with Crippen molar-refractivity contribution in [3.63, 3.8) is 0 Å². The van der Waals surface area contributed by atoms with Crippen LogP contribution in [-0.2, 0) is 0 Å². The Bertz CT molecular complexity index is 218. The first-order valence-electron chi connectivity index (χ1n) is 3.58. The summed E-state index contributed by atoms with van der Waals surface area (Å²) in [6, 6.07) is 3.94. The zero-order valence-electron chi connectivity index (χ0n) is 6.23. The number of allylic oxidation sites excluding steroid dienone is 1. The van der Waals surface area contributed by atoms with E-state index in [9.17, 15) is 0 Å². The second kappa shape index (κ2) is 4.97. The van der Waals surface area contributed by atoms with Gasteiger partial charge in [0.2, 0.25) is 0 Å². The number of hydrogen-bond donors (Lipinski definition) is 0. The van der Waals surface area contributed by atoms with Crippen LogP contribution in [0.5, 0.6) is 0 Å². The maximum Gasteiger partial charge on any atom is 0.0340 e. The number of pyridine rings is 1. The van der Waals surface area contributed by atoms with Crippen LogP contribution in [0.4, 0.5) is 0 Å². The van der Waals surface area contributed by atoms with Gasteiger partial charge in [0, 0.05) is 18.1 Å². The Morgan fingerprint density at radius 1 is 1.55 bits per heavy atom. The van der Waals surface area contributed by atoms with E-state index in [1.807, 2.05) is 24.4 Å². The van der Waals surface area contributed by atoms with E-state index in [4.69, 9.17) is 12.6 Å². The molecule has 0 aliphatic carbocycles. The Balaban J connectivity index is 2.50. The predicted molar refractivity (Wildman–Crippen MR) is 50.3 cm³/mol. The highest BCUT2D eigenvalue weighted by Gasteiger charge is 1.81. The summed E-state index contributed by atoms with van der Waals surface area (Å²) in [7, 11) is 0. The Hall–Kier alpha value is -0.760. The first-order valence-corrected chi connectivity index (χ1v) is 4.16. The monoisotopic (exact) mass is 164 g/mol. The van der Waals surface area contributed by atoms with Crippen molar-refractivity contribution in [1.29, 1.82) is 0 Å². The van der Waals surface area contributed by atoms with E-state index in [0.29, 0.717) is 0 Å². The maximum absolute atomic E-state index is 4.80. The fourth-order valence-corrected chi connectivity index (χ4v) is 0.898. The van der Waals surface area contributed by atoms with Gasteiger partial charge in [-0.05, 0) is 18.1 Å². The van der Waals surface area contributed by atoms with Gasteiger partial charge < -0.3 is 0 Å². The van der Waals surface area contributed by atoms with Crippen LogP contribution in [0.2, 0.25) is 0 Å². The molecule has 0 bridgehead atoms. The highest BCUT2D eigenvalue weighted by atomic mass is 32.1. The molecule has 0 aliphatic rings. The van der Waals surface area contributed by atoms with Crippen LogP contribution in [-0.4, -0.2) is 10.7 Å². The lowest BCUT2D eigenvalue weighted by atomic mass is 10.2. The molecule has 0 fully saturated rings. The van der Waals surface area contributed by atoms with Gasteiger partial charge in [-0.25, -0.2) is 0 Å². The second-order valence-corrected chi connectivity index (χ2v) is 2.59. The average Bonchev–Trinajstić information content (AvgIpc) is 2.07. The van der Waals surface area contributed by atoms with E-state index in [2.05, 4.69) is 11.1 Å². The summed E-state index contributed by atoms with van der Waals surface area (Å²) in [5, 5.41) is 0. The Kier molecular flexibility index (Phi) is 3.76. The molecule has 0 spiro atoms. The molecule has 0 saturated carbocycles. The molecule has 0 N–H and O–H groups in total. The maximum atomic E-state index is 4.80. The van der Waals surface area contributed by atoms with Crippen molar-refractivity contribution in [3.05, 3.63) is 36.2 Å². The van der Waals surface area contributed by atoms with Crippen LogP contribution >= 0.6 is 12.6 Å². The summed E-state index contributed by atoms with van der Waals surface area (Å²) in [5.74, 6) is 0.788. The van der Waals surface area contributed by atoms with Crippen LogP contribution in [0.25, 0.3) is 6.08 Å². The Morgan fingerprint density at radius 2 is 2.45 bits per heavy atom. The second-order valence-electron chi connectivity index (χ2n) is 2.18. The molecule has 1 aromatic rings. The highest BCUT2D eigenvalue weighted by molar-refractivity contribution is 7.80. The molecule has 0 saturated heterocycles. The van der Waals surface area contributed by atoms with Gasteiger partial charge in [-0.3, -0.25) is 4.98 Å². The van der Waals surface area contributed by atoms with Crippen molar-refractivity contribution in [1.82, 2.24) is 4.98 Å². The van der Waals surface area contributed by atoms with E-state index < -0.39 is 0 Å². The lowest BCUT2D eigenvalue weighted by molar-refractivity contribution is 1.26. The third-order valence-electron chi connectivity index (χ3n) is 1.28. The SMILES string of the molecule is [S]CC/C=C/c1cccnc1. The molecule has 1 nitrogen and oxygen atoms in total. The van der Waals surface area contributed by atoms with Gasteiger partial charge in [0.15, 0.2) is 0 Å². The zero-order chi connectivity index (χ0) is 7.94. The first-order chi connectivity index (χ1) is 5.43. The standard InChI is InChI=1S/C9H10NS/c11-7-2-1-4-9-5-3-6-10-8-9/h1,3-6,8H,2,7H2/b4-1+. The summed E-state index contributed by atoms with van der Waals surface area (Å²) in [5.41, 5.74) is 1.14. The van der Waals surface area contributed by atoms with Crippen molar-refractivity contribution in [2.45, 2.75) is 6.42 Å². The third kappa shape index (κ3) is 3.23. The Labute approximate surface area is 72.6 Å². The molecule has 1 radical (unpaired) electrons. The minimum absolute atomic E-state index is 0.788. The Morgan fingerprint density at radius 3 is 3.09 bits per heavy atom. The van der Waals surface area contributed by atoms with E-state index in [1.54, 1.807) is 6.20 Å². The highest BCUT2D eigenvalue weighted by Crippen LogP contribution is 1.99. The van der Waals surface area contributed by atoms with Crippen LogP contribution in [0.3, 0.4) is 0 Å². The number of nitrogens with zero attached hydrogens (tertiary/aromatic N) is 1. The van der Waals surface area contributed by atoms with E-state index >= 15 is 0 Å². The lowest BCUT2D eigenvalue weighted by Gasteiger charge is -1.88. The molecule has 11 heavy (non-hydrogen) atoms. The predicted octanol–water partition coefficient (Wildman–Crippen LogP) is 2.68. The van der Waals surface area contributed by atoms with Crippen molar-refractivity contribution in [3.8, 4) is 0 Å². The van der Waals surface area contributed by atoms with Crippen LogP contribution in [0, 0.1) is 0 Å². The average molecular weight is 164 g/mol. The van der Waals surface area contributed by atoms with Gasteiger partial charge in [-0.1, -0.05) is 30.8 Å². The number of hydrogen-bond acceptors (Lipinski definition) is 1. The van der Waals surface area contributed by atoms with Crippen LogP contribution < -0.4 is 0 Å². The molecule has 0 atom stereocenters. The molecule has 57 valence electrons. The van der Waals surface area contributed by atoms with Gasteiger partial charge in [-0.2, -0.15) is 0 Å². The fourth-order valence-electron chi connectivity index (χ4n) is 0.762. The van der Waals surface area contributed by atoms with Gasteiger partial charge in [0.1, 0.15) is 0 Å². The van der Waals surface area contributed by atoms with E-state index in [1.165, 1.54) is 0 Å². The summed E-state index contributed by atoms with van der Waals surface area (Å²) < 4.78 is 0. The quantitative estimate of drug-likeness (QED) is 0.669. The number of aromatic nitrogens is 1. The normalized spacial score (nSPS) is 10.6. The molecule has 0 unspecified atom stereocenters. The molecule has 0 aromatic carbocycles. The third-order valence-corrected chi connectivity index (χ3v) is 1.51.